The average molecular weight is 405 g/mol. The maximum Gasteiger partial charge on any atom is 0.255 e. The first-order valence-electron chi connectivity index (χ1n) is 10.2. The smallest absolute Gasteiger partial charge is 0.255 e. The number of hydrogen-bond donors (Lipinski definition) is 1. The first kappa shape index (κ1) is 22.8. The molecule has 0 aliphatic carbocycles. The van der Waals surface area contributed by atoms with Gasteiger partial charge < -0.3 is 10.2 Å². The first-order valence-corrected chi connectivity index (χ1v) is 11.3. The molecule has 0 bridgehead atoms. The van der Waals surface area contributed by atoms with Crippen LogP contribution >= 0.6 is 11.8 Å². The monoisotopic (exact) mass is 404 g/mol. The molecule has 1 N–H and O–H groups in total. The Labute approximate surface area is 174 Å². The Hall–Kier alpha value is -1.49. The van der Waals surface area contributed by atoms with Gasteiger partial charge in [-0.25, -0.2) is 0 Å². The highest BCUT2D eigenvalue weighted by Gasteiger charge is 2.46. The van der Waals surface area contributed by atoms with Crippen LogP contribution in [0.2, 0.25) is 0 Å². The molecule has 0 radical (unpaired) electrons. The van der Waals surface area contributed by atoms with E-state index in [2.05, 4.69) is 46.9 Å². The van der Waals surface area contributed by atoms with E-state index in [0.717, 1.165) is 6.42 Å². The van der Waals surface area contributed by atoms with E-state index in [0.29, 0.717) is 11.3 Å². The zero-order valence-electron chi connectivity index (χ0n) is 18.6. The lowest BCUT2D eigenvalue weighted by Gasteiger charge is -2.36. The Morgan fingerprint density at radius 2 is 1.71 bits per heavy atom. The molecule has 28 heavy (non-hydrogen) atoms. The number of carbonyl (C=O) groups excluding carboxylic acids is 2. The Bertz CT molecular complexity index is 701. The molecule has 0 saturated carbocycles. The van der Waals surface area contributed by atoms with Crippen molar-refractivity contribution in [2.24, 2.45) is 5.41 Å². The van der Waals surface area contributed by atoms with Crippen LogP contribution in [0.5, 0.6) is 0 Å². The predicted molar refractivity (Wildman–Crippen MR) is 119 cm³/mol. The lowest BCUT2D eigenvalue weighted by atomic mass is 9.86. The lowest BCUT2D eigenvalue weighted by molar-refractivity contribution is -0.125. The average Bonchev–Trinajstić information content (AvgIpc) is 3.05. The number of hydrogen-bond acceptors (Lipinski definition) is 3. The van der Waals surface area contributed by atoms with Crippen LogP contribution in [0.1, 0.15) is 77.7 Å². The van der Waals surface area contributed by atoms with Crippen molar-refractivity contribution in [1.29, 1.82) is 0 Å². The van der Waals surface area contributed by atoms with Gasteiger partial charge in [-0.2, -0.15) is 0 Å². The largest absolute Gasteiger partial charge is 0.352 e. The third-order valence-electron chi connectivity index (χ3n) is 5.28. The van der Waals surface area contributed by atoms with Crippen molar-refractivity contribution >= 4 is 23.6 Å². The zero-order valence-corrected chi connectivity index (χ0v) is 19.4. The van der Waals surface area contributed by atoms with Crippen molar-refractivity contribution in [2.45, 2.75) is 84.7 Å². The van der Waals surface area contributed by atoms with Gasteiger partial charge in [0.05, 0.1) is 5.37 Å². The van der Waals surface area contributed by atoms with Crippen molar-refractivity contribution < 1.29 is 9.59 Å². The second-order valence-electron chi connectivity index (χ2n) is 9.93. The van der Waals surface area contributed by atoms with E-state index in [1.54, 1.807) is 11.8 Å². The van der Waals surface area contributed by atoms with Gasteiger partial charge in [-0.15, -0.1) is 11.8 Å². The SMILES string of the molecule is CCC(C)NC(=O)C1CSC(C(C)(C)C)N1C(=O)c1ccc(C(C)(C)C)cc1. The van der Waals surface area contributed by atoms with Crippen LogP contribution < -0.4 is 5.32 Å². The summed E-state index contributed by atoms with van der Waals surface area (Å²) in [7, 11) is 0. The van der Waals surface area contributed by atoms with Gasteiger partial charge in [-0.3, -0.25) is 9.59 Å². The Morgan fingerprint density at radius 1 is 1.14 bits per heavy atom. The molecule has 1 saturated heterocycles. The molecule has 0 aromatic heterocycles. The van der Waals surface area contributed by atoms with Gasteiger partial charge in [0.1, 0.15) is 6.04 Å². The van der Waals surface area contributed by atoms with Crippen LogP contribution in [0.15, 0.2) is 24.3 Å². The number of nitrogens with one attached hydrogen (secondary N) is 1. The van der Waals surface area contributed by atoms with Crippen molar-refractivity contribution in [3.63, 3.8) is 0 Å². The fourth-order valence-corrected chi connectivity index (χ4v) is 4.91. The summed E-state index contributed by atoms with van der Waals surface area (Å²) in [6.07, 6.45) is 0.872. The van der Waals surface area contributed by atoms with E-state index in [-0.39, 0.29) is 34.1 Å². The molecule has 156 valence electrons. The van der Waals surface area contributed by atoms with Gasteiger partial charge in [0.15, 0.2) is 0 Å². The fourth-order valence-electron chi connectivity index (χ4n) is 3.33. The summed E-state index contributed by atoms with van der Waals surface area (Å²) in [6, 6.07) is 7.52. The summed E-state index contributed by atoms with van der Waals surface area (Å²) < 4.78 is 0. The summed E-state index contributed by atoms with van der Waals surface area (Å²) in [6.45, 7) is 16.9. The molecular formula is C23H36N2O2S. The summed E-state index contributed by atoms with van der Waals surface area (Å²) in [5.74, 6) is 0.527. The van der Waals surface area contributed by atoms with Gasteiger partial charge in [-0.1, -0.05) is 60.6 Å². The second-order valence-corrected chi connectivity index (χ2v) is 11.0. The number of rotatable bonds is 4. The van der Waals surface area contributed by atoms with E-state index in [9.17, 15) is 9.59 Å². The second kappa shape index (κ2) is 8.48. The van der Waals surface area contributed by atoms with Gasteiger partial charge in [0.25, 0.3) is 5.91 Å². The molecule has 2 rings (SSSR count). The van der Waals surface area contributed by atoms with E-state index in [4.69, 9.17) is 0 Å². The number of benzene rings is 1. The van der Waals surface area contributed by atoms with Crippen LogP contribution in [0.3, 0.4) is 0 Å². The van der Waals surface area contributed by atoms with Crippen molar-refractivity contribution in [2.75, 3.05) is 5.75 Å². The van der Waals surface area contributed by atoms with Crippen LogP contribution in [-0.4, -0.2) is 39.9 Å². The molecule has 1 heterocycles. The minimum absolute atomic E-state index is 0.0324. The molecule has 4 nitrogen and oxygen atoms in total. The molecule has 2 amide bonds. The third kappa shape index (κ3) is 5.11. The maximum atomic E-state index is 13.5. The van der Waals surface area contributed by atoms with E-state index in [1.807, 2.05) is 43.0 Å². The molecule has 1 aliphatic heterocycles. The normalized spacial score (nSPS) is 21.5. The highest BCUT2D eigenvalue weighted by atomic mass is 32.2. The third-order valence-corrected chi connectivity index (χ3v) is 7.04. The molecule has 1 aromatic carbocycles. The molecule has 1 fully saturated rings. The fraction of sp³-hybridized carbons (Fsp3) is 0.652. The van der Waals surface area contributed by atoms with Crippen molar-refractivity contribution in [3.8, 4) is 0 Å². The highest BCUT2D eigenvalue weighted by molar-refractivity contribution is 8.00. The number of carbonyl (C=O) groups is 2. The standard InChI is InChI=1S/C23H36N2O2S/c1-9-15(2)24-19(26)18-14-28-21(23(6,7)8)25(18)20(27)16-10-12-17(13-11-16)22(3,4)5/h10-13,15,18,21H,9,14H2,1-8H3,(H,24,26). The van der Waals surface area contributed by atoms with Gasteiger partial charge in [-0.05, 0) is 41.9 Å². The number of thioether (sulfide) groups is 1. The first-order chi connectivity index (χ1) is 12.9. The lowest BCUT2D eigenvalue weighted by Crippen LogP contribution is -2.53. The predicted octanol–water partition coefficient (Wildman–Crippen LogP) is 4.83. The Morgan fingerprint density at radius 3 is 2.18 bits per heavy atom. The van der Waals surface area contributed by atoms with Gasteiger partial charge >= 0.3 is 0 Å². The molecule has 5 heteroatoms. The number of nitrogens with zero attached hydrogens (tertiary/aromatic N) is 1. The van der Waals surface area contributed by atoms with Crippen LogP contribution in [0.4, 0.5) is 0 Å². The van der Waals surface area contributed by atoms with Gasteiger partial charge in [0.2, 0.25) is 5.91 Å². The van der Waals surface area contributed by atoms with Crippen LogP contribution in [0.25, 0.3) is 0 Å². The molecule has 1 aromatic rings. The van der Waals surface area contributed by atoms with Crippen LogP contribution in [0, 0.1) is 5.41 Å². The van der Waals surface area contributed by atoms with E-state index >= 15 is 0 Å². The maximum absolute atomic E-state index is 13.5. The zero-order chi connectivity index (χ0) is 21.3. The Kier molecular flexibility index (Phi) is 6.90. The summed E-state index contributed by atoms with van der Waals surface area (Å²) in [5.41, 5.74) is 1.76. The van der Waals surface area contributed by atoms with Crippen molar-refractivity contribution in [3.05, 3.63) is 35.4 Å². The van der Waals surface area contributed by atoms with Gasteiger partial charge in [0, 0.05) is 17.4 Å². The minimum Gasteiger partial charge on any atom is -0.352 e. The quantitative estimate of drug-likeness (QED) is 0.782. The molecule has 3 atom stereocenters. The molecule has 1 aliphatic rings. The summed E-state index contributed by atoms with van der Waals surface area (Å²) in [5, 5.41) is 3.03. The summed E-state index contributed by atoms with van der Waals surface area (Å²) in [4.78, 5) is 28.2. The molecular weight excluding hydrogens is 368 g/mol. The number of amides is 2. The topological polar surface area (TPSA) is 49.4 Å². The highest BCUT2D eigenvalue weighted by Crippen LogP contribution is 2.41. The molecule has 3 unspecified atom stereocenters. The van der Waals surface area contributed by atoms with Crippen molar-refractivity contribution in [1.82, 2.24) is 10.2 Å². The molecule has 0 spiro atoms. The Balaban J connectivity index is 2.33. The van der Waals surface area contributed by atoms with Crippen LogP contribution in [-0.2, 0) is 10.2 Å². The van der Waals surface area contributed by atoms with E-state index in [1.165, 1.54) is 5.56 Å². The minimum atomic E-state index is -0.432. The summed E-state index contributed by atoms with van der Waals surface area (Å²) >= 11 is 1.70. The van der Waals surface area contributed by atoms with E-state index < -0.39 is 6.04 Å².